The summed E-state index contributed by atoms with van der Waals surface area (Å²) in [6.07, 6.45) is 0.0762. The quantitative estimate of drug-likeness (QED) is 0.540. The Morgan fingerprint density at radius 3 is 2.10 bits per heavy atom. The number of ether oxygens (including phenoxy) is 1. The van der Waals surface area contributed by atoms with Crippen molar-refractivity contribution in [3.8, 4) is 5.75 Å². The first-order valence-corrected chi connectivity index (χ1v) is 11.5. The summed E-state index contributed by atoms with van der Waals surface area (Å²) in [4.78, 5) is 12.8. The van der Waals surface area contributed by atoms with Gasteiger partial charge in [-0.2, -0.15) is 0 Å². The molecule has 162 valence electrons. The molecule has 1 amide bonds. The van der Waals surface area contributed by atoms with Crippen molar-refractivity contribution in [1.82, 2.24) is 0 Å². The summed E-state index contributed by atoms with van der Waals surface area (Å²) >= 11 is 0. The normalized spacial score (nSPS) is 11.2. The van der Waals surface area contributed by atoms with E-state index < -0.39 is 10.0 Å². The summed E-state index contributed by atoms with van der Waals surface area (Å²) in [5, 5.41) is 2.83. The molecule has 0 aromatic heterocycles. The van der Waals surface area contributed by atoms with Gasteiger partial charge in [-0.05, 0) is 81.4 Å². The molecule has 0 aliphatic carbocycles. The molecule has 0 heterocycles. The Morgan fingerprint density at radius 2 is 1.55 bits per heavy atom. The fourth-order valence-corrected chi connectivity index (χ4v) is 4.58. The van der Waals surface area contributed by atoms with Gasteiger partial charge in [0, 0.05) is 17.8 Å². The van der Waals surface area contributed by atoms with Gasteiger partial charge in [0.25, 0.3) is 15.9 Å². The molecule has 6 nitrogen and oxygen atoms in total. The molecule has 0 unspecified atom stereocenters. The third-order valence-electron chi connectivity index (χ3n) is 4.52. The Balaban J connectivity index is 1.73. The van der Waals surface area contributed by atoms with E-state index in [9.17, 15) is 13.2 Å². The van der Waals surface area contributed by atoms with Crippen LogP contribution in [-0.4, -0.2) is 27.0 Å². The smallest absolute Gasteiger partial charge is 0.264 e. The summed E-state index contributed by atoms with van der Waals surface area (Å²) in [6.45, 7) is 5.94. The van der Waals surface area contributed by atoms with Gasteiger partial charge in [0.15, 0.2) is 0 Å². The van der Waals surface area contributed by atoms with Gasteiger partial charge in [0.05, 0.1) is 16.7 Å². The van der Waals surface area contributed by atoms with Crippen LogP contribution in [0.4, 0.5) is 11.4 Å². The Labute approximate surface area is 183 Å². The number of benzene rings is 3. The van der Waals surface area contributed by atoms with Crippen molar-refractivity contribution in [2.75, 3.05) is 16.2 Å². The van der Waals surface area contributed by atoms with E-state index in [1.807, 2.05) is 13.8 Å². The molecule has 7 heteroatoms. The summed E-state index contributed by atoms with van der Waals surface area (Å²) in [5.74, 6) is 0.453. The van der Waals surface area contributed by atoms with Crippen LogP contribution in [0.5, 0.6) is 5.75 Å². The van der Waals surface area contributed by atoms with Crippen molar-refractivity contribution in [1.29, 1.82) is 0 Å². The summed E-state index contributed by atoms with van der Waals surface area (Å²) in [5.41, 5.74) is 1.57. The molecule has 0 fully saturated rings. The van der Waals surface area contributed by atoms with Gasteiger partial charge in [-0.25, -0.2) is 8.42 Å². The van der Waals surface area contributed by atoms with Crippen LogP contribution in [0, 0.1) is 0 Å². The molecule has 0 aliphatic heterocycles. The van der Waals surface area contributed by atoms with E-state index in [2.05, 4.69) is 5.32 Å². The predicted molar refractivity (Wildman–Crippen MR) is 123 cm³/mol. The molecule has 3 rings (SSSR count). The number of sulfonamides is 1. The van der Waals surface area contributed by atoms with Crippen molar-refractivity contribution >= 4 is 27.3 Å². The molecular formula is C24H26N2O4S. The van der Waals surface area contributed by atoms with E-state index in [-0.39, 0.29) is 23.5 Å². The molecule has 0 radical (unpaired) electrons. The van der Waals surface area contributed by atoms with Crippen molar-refractivity contribution in [2.45, 2.75) is 31.8 Å². The van der Waals surface area contributed by atoms with E-state index in [0.717, 1.165) is 5.75 Å². The summed E-state index contributed by atoms with van der Waals surface area (Å²) in [7, 11) is -3.68. The molecule has 0 saturated carbocycles. The van der Waals surface area contributed by atoms with Crippen molar-refractivity contribution in [3.05, 3.63) is 84.4 Å². The van der Waals surface area contributed by atoms with Crippen LogP contribution < -0.4 is 14.4 Å². The maximum atomic E-state index is 13.0. The third kappa shape index (κ3) is 5.44. The molecule has 3 aromatic carbocycles. The number of carbonyl (C=O) groups is 1. The maximum absolute atomic E-state index is 13.0. The fourth-order valence-electron chi connectivity index (χ4n) is 3.08. The van der Waals surface area contributed by atoms with E-state index in [1.54, 1.807) is 85.8 Å². The topological polar surface area (TPSA) is 75.7 Å². The van der Waals surface area contributed by atoms with E-state index in [4.69, 9.17) is 4.74 Å². The average molecular weight is 439 g/mol. The Bertz CT molecular complexity index is 1110. The highest BCUT2D eigenvalue weighted by Crippen LogP contribution is 2.24. The number of nitrogens with one attached hydrogen (secondary N) is 1. The summed E-state index contributed by atoms with van der Waals surface area (Å²) in [6, 6.07) is 21.9. The number of nitrogens with zero attached hydrogens (tertiary/aromatic N) is 1. The van der Waals surface area contributed by atoms with E-state index in [0.29, 0.717) is 16.9 Å². The number of hydrogen-bond acceptors (Lipinski definition) is 4. The molecule has 3 aromatic rings. The van der Waals surface area contributed by atoms with Crippen LogP contribution in [0.2, 0.25) is 0 Å². The SMILES string of the molecule is CCN(c1ccc(C(=O)Nc2ccc(OC(C)C)cc2)cc1)S(=O)(=O)c1ccccc1. The molecular weight excluding hydrogens is 412 g/mol. The molecule has 0 bridgehead atoms. The Hall–Kier alpha value is -3.32. The average Bonchev–Trinajstić information content (AvgIpc) is 2.76. The zero-order chi connectivity index (χ0) is 22.4. The monoisotopic (exact) mass is 438 g/mol. The van der Waals surface area contributed by atoms with Crippen LogP contribution in [0.1, 0.15) is 31.1 Å². The van der Waals surface area contributed by atoms with Gasteiger partial charge in [-0.15, -0.1) is 0 Å². The lowest BCUT2D eigenvalue weighted by atomic mass is 10.2. The minimum Gasteiger partial charge on any atom is -0.491 e. The van der Waals surface area contributed by atoms with Crippen molar-refractivity contribution in [3.63, 3.8) is 0 Å². The standard InChI is InChI=1S/C24H26N2O4S/c1-4-26(31(28,29)23-8-6-5-7-9-23)21-14-10-19(11-15-21)24(27)25-20-12-16-22(17-13-20)30-18(2)3/h5-18H,4H2,1-3H3,(H,25,27). The fraction of sp³-hybridized carbons (Fsp3) is 0.208. The first-order chi connectivity index (χ1) is 14.8. The lowest BCUT2D eigenvalue weighted by Crippen LogP contribution is -2.30. The van der Waals surface area contributed by atoms with Gasteiger partial charge in [0.2, 0.25) is 0 Å². The van der Waals surface area contributed by atoms with Crippen LogP contribution in [-0.2, 0) is 10.0 Å². The number of amides is 1. The highest BCUT2D eigenvalue weighted by atomic mass is 32.2. The van der Waals surface area contributed by atoms with Crippen LogP contribution in [0.15, 0.2) is 83.8 Å². The van der Waals surface area contributed by atoms with Gasteiger partial charge < -0.3 is 10.1 Å². The molecule has 0 aliphatic rings. The van der Waals surface area contributed by atoms with Crippen LogP contribution >= 0.6 is 0 Å². The second-order valence-corrected chi connectivity index (χ2v) is 9.04. The molecule has 0 atom stereocenters. The number of rotatable bonds is 8. The zero-order valence-electron chi connectivity index (χ0n) is 17.8. The minimum atomic E-state index is -3.68. The van der Waals surface area contributed by atoms with Gasteiger partial charge in [0.1, 0.15) is 5.75 Å². The first-order valence-electron chi connectivity index (χ1n) is 10.1. The van der Waals surface area contributed by atoms with Crippen LogP contribution in [0.3, 0.4) is 0 Å². The molecule has 0 saturated heterocycles. The second-order valence-electron chi connectivity index (χ2n) is 7.17. The van der Waals surface area contributed by atoms with E-state index >= 15 is 0 Å². The lowest BCUT2D eigenvalue weighted by Gasteiger charge is -2.23. The highest BCUT2D eigenvalue weighted by molar-refractivity contribution is 7.92. The number of hydrogen-bond donors (Lipinski definition) is 1. The van der Waals surface area contributed by atoms with E-state index in [1.165, 1.54) is 4.31 Å². The third-order valence-corrected chi connectivity index (χ3v) is 6.44. The maximum Gasteiger partial charge on any atom is 0.264 e. The predicted octanol–water partition coefficient (Wildman–Crippen LogP) is 4.94. The number of anilines is 2. The lowest BCUT2D eigenvalue weighted by molar-refractivity contribution is 0.102. The summed E-state index contributed by atoms with van der Waals surface area (Å²) < 4.78 is 32.8. The van der Waals surface area contributed by atoms with Gasteiger partial charge in [-0.1, -0.05) is 18.2 Å². The molecule has 1 N–H and O–H groups in total. The Morgan fingerprint density at radius 1 is 0.935 bits per heavy atom. The highest BCUT2D eigenvalue weighted by Gasteiger charge is 2.23. The van der Waals surface area contributed by atoms with Gasteiger partial charge >= 0.3 is 0 Å². The largest absolute Gasteiger partial charge is 0.491 e. The minimum absolute atomic E-state index is 0.0762. The first kappa shape index (κ1) is 22.4. The molecule has 31 heavy (non-hydrogen) atoms. The van der Waals surface area contributed by atoms with Crippen molar-refractivity contribution in [2.24, 2.45) is 0 Å². The Kier molecular flexibility index (Phi) is 6.97. The number of carbonyl (C=O) groups excluding carboxylic acids is 1. The zero-order valence-corrected chi connectivity index (χ0v) is 18.6. The van der Waals surface area contributed by atoms with Crippen LogP contribution in [0.25, 0.3) is 0 Å². The second kappa shape index (κ2) is 9.66. The van der Waals surface area contributed by atoms with Gasteiger partial charge in [-0.3, -0.25) is 9.10 Å². The van der Waals surface area contributed by atoms with Crippen molar-refractivity contribution < 1.29 is 17.9 Å². The molecule has 0 spiro atoms.